The monoisotopic (exact) mass is 370 g/mol. The molecule has 0 saturated carbocycles. The normalized spacial score (nSPS) is 17.6. The Morgan fingerprint density at radius 1 is 1.50 bits per heavy atom. The van der Waals surface area contributed by atoms with Gasteiger partial charge >= 0.3 is 0 Å². The highest BCUT2D eigenvalue weighted by Crippen LogP contribution is 2.36. The van der Waals surface area contributed by atoms with Crippen molar-refractivity contribution >= 4 is 27.7 Å². The summed E-state index contributed by atoms with van der Waals surface area (Å²) in [6.45, 7) is 3.02. The van der Waals surface area contributed by atoms with Crippen LogP contribution in [0, 0.1) is 0 Å². The van der Waals surface area contributed by atoms with Crippen molar-refractivity contribution in [3.63, 3.8) is 0 Å². The van der Waals surface area contributed by atoms with E-state index in [1.165, 1.54) is 7.11 Å². The molecule has 1 aromatic carbocycles. The highest BCUT2D eigenvalue weighted by molar-refractivity contribution is 9.10. The van der Waals surface area contributed by atoms with Gasteiger partial charge in [0.15, 0.2) is 11.5 Å². The molecule has 1 aromatic rings. The zero-order chi connectivity index (χ0) is 16.1. The molecule has 22 heavy (non-hydrogen) atoms. The number of hydrogen-bond donors (Lipinski definition) is 2. The van der Waals surface area contributed by atoms with Gasteiger partial charge < -0.3 is 20.1 Å². The number of carbonyl (C=O) groups is 2. The summed E-state index contributed by atoms with van der Waals surface area (Å²) in [5.41, 5.74) is 0.408. The van der Waals surface area contributed by atoms with E-state index in [9.17, 15) is 9.59 Å². The summed E-state index contributed by atoms with van der Waals surface area (Å²) in [6, 6.07) is 2.77. The molecule has 120 valence electrons. The van der Waals surface area contributed by atoms with Crippen LogP contribution in [-0.4, -0.2) is 38.1 Å². The maximum atomic E-state index is 12.3. The Hall–Kier alpha value is -1.76. The number of ether oxygens (including phenoxy) is 2. The van der Waals surface area contributed by atoms with E-state index in [1.807, 2.05) is 6.92 Å². The third-order valence-electron chi connectivity index (χ3n) is 3.37. The lowest BCUT2D eigenvalue weighted by Gasteiger charge is -2.23. The van der Waals surface area contributed by atoms with Crippen LogP contribution < -0.4 is 20.1 Å². The first-order valence-corrected chi connectivity index (χ1v) is 7.95. The van der Waals surface area contributed by atoms with Crippen LogP contribution in [0.5, 0.6) is 11.5 Å². The van der Waals surface area contributed by atoms with Crippen molar-refractivity contribution in [1.29, 1.82) is 0 Å². The van der Waals surface area contributed by atoms with Gasteiger partial charge in [-0.1, -0.05) is 0 Å². The molecule has 2 amide bonds. The van der Waals surface area contributed by atoms with Crippen LogP contribution in [0.3, 0.4) is 0 Å². The first kappa shape index (κ1) is 16.6. The Kier molecular flexibility index (Phi) is 5.65. The minimum absolute atomic E-state index is 0.142. The van der Waals surface area contributed by atoms with E-state index in [4.69, 9.17) is 9.47 Å². The highest BCUT2D eigenvalue weighted by Gasteiger charge is 2.25. The SMILES string of the molecule is CCOc1c(Br)cc(C(=O)N[C@H]2CCCNC2=O)cc1OC. The van der Waals surface area contributed by atoms with Gasteiger partial charge in [0, 0.05) is 12.1 Å². The second-order valence-electron chi connectivity index (χ2n) is 4.88. The number of benzene rings is 1. The third-order valence-corrected chi connectivity index (χ3v) is 3.96. The van der Waals surface area contributed by atoms with Gasteiger partial charge in [-0.15, -0.1) is 0 Å². The number of amides is 2. The van der Waals surface area contributed by atoms with Crippen molar-refractivity contribution in [3.05, 3.63) is 22.2 Å². The summed E-state index contributed by atoms with van der Waals surface area (Å²) < 4.78 is 11.4. The van der Waals surface area contributed by atoms with E-state index in [0.717, 1.165) is 6.42 Å². The van der Waals surface area contributed by atoms with Crippen LogP contribution in [0.15, 0.2) is 16.6 Å². The third kappa shape index (κ3) is 3.71. The number of halogens is 1. The molecule has 2 rings (SSSR count). The number of piperidine rings is 1. The standard InChI is InChI=1S/C15H19BrN2O4/c1-3-22-13-10(16)7-9(8-12(13)21-2)14(19)18-11-5-4-6-17-15(11)20/h7-8,11H,3-6H2,1-2H3,(H,17,20)(H,18,19)/t11-/m0/s1. The maximum absolute atomic E-state index is 12.3. The molecule has 6 nitrogen and oxygen atoms in total. The number of carbonyl (C=O) groups excluding carboxylic acids is 2. The molecule has 0 bridgehead atoms. The Morgan fingerprint density at radius 2 is 2.27 bits per heavy atom. The van der Waals surface area contributed by atoms with Crippen LogP contribution in [0.4, 0.5) is 0 Å². The molecule has 1 heterocycles. The molecule has 0 aromatic heterocycles. The molecule has 0 unspecified atom stereocenters. The molecule has 0 radical (unpaired) electrons. The number of nitrogens with one attached hydrogen (secondary N) is 2. The van der Waals surface area contributed by atoms with Crippen LogP contribution in [0.25, 0.3) is 0 Å². The van der Waals surface area contributed by atoms with Gasteiger partial charge in [-0.2, -0.15) is 0 Å². The molecule has 7 heteroatoms. The minimum Gasteiger partial charge on any atom is -0.493 e. The lowest BCUT2D eigenvalue weighted by atomic mass is 10.1. The zero-order valence-corrected chi connectivity index (χ0v) is 14.2. The Morgan fingerprint density at radius 3 is 2.91 bits per heavy atom. The average molecular weight is 371 g/mol. The molecule has 2 N–H and O–H groups in total. The van der Waals surface area contributed by atoms with Gasteiger partial charge in [0.25, 0.3) is 5.91 Å². The largest absolute Gasteiger partial charge is 0.493 e. The van der Waals surface area contributed by atoms with Crippen LogP contribution in [-0.2, 0) is 4.79 Å². The van der Waals surface area contributed by atoms with Crippen LogP contribution >= 0.6 is 15.9 Å². The van der Waals surface area contributed by atoms with Crippen molar-refractivity contribution in [3.8, 4) is 11.5 Å². The lowest BCUT2D eigenvalue weighted by Crippen LogP contribution is -2.50. The summed E-state index contributed by atoms with van der Waals surface area (Å²) in [6.07, 6.45) is 1.50. The van der Waals surface area contributed by atoms with Gasteiger partial charge in [0.1, 0.15) is 6.04 Å². The van der Waals surface area contributed by atoms with Gasteiger partial charge in [-0.25, -0.2) is 0 Å². The fourth-order valence-corrected chi connectivity index (χ4v) is 2.84. The Labute approximate surface area is 137 Å². The molecule has 1 saturated heterocycles. The predicted octanol–water partition coefficient (Wildman–Crippen LogP) is 1.86. The molecule has 0 aliphatic carbocycles. The summed E-state index contributed by atoms with van der Waals surface area (Å²) in [5.74, 6) is 0.562. The molecule has 0 spiro atoms. The lowest BCUT2D eigenvalue weighted by molar-refractivity contribution is -0.124. The quantitative estimate of drug-likeness (QED) is 0.829. The van der Waals surface area contributed by atoms with Crippen LogP contribution in [0.2, 0.25) is 0 Å². The van der Waals surface area contributed by atoms with Crippen molar-refractivity contribution in [1.82, 2.24) is 10.6 Å². The van der Waals surface area contributed by atoms with E-state index in [-0.39, 0.29) is 11.8 Å². The number of methoxy groups -OCH3 is 1. The second-order valence-corrected chi connectivity index (χ2v) is 5.74. The maximum Gasteiger partial charge on any atom is 0.252 e. The van der Waals surface area contributed by atoms with Gasteiger partial charge in [-0.3, -0.25) is 9.59 Å². The molecule has 1 fully saturated rings. The fourth-order valence-electron chi connectivity index (χ4n) is 2.29. The molecule has 1 atom stereocenters. The van der Waals surface area contributed by atoms with Crippen molar-refractivity contribution in [2.45, 2.75) is 25.8 Å². The summed E-state index contributed by atoms with van der Waals surface area (Å²) in [4.78, 5) is 24.1. The molecule has 1 aliphatic rings. The molecular weight excluding hydrogens is 352 g/mol. The number of hydrogen-bond acceptors (Lipinski definition) is 4. The zero-order valence-electron chi connectivity index (χ0n) is 12.6. The van der Waals surface area contributed by atoms with Crippen molar-refractivity contribution in [2.24, 2.45) is 0 Å². The number of rotatable bonds is 5. The minimum atomic E-state index is -0.488. The Balaban J connectivity index is 2.19. The van der Waals surface area contributed by atoms with Gasteiger partial charge in [0.2, 0.25) is 5.91 Å². The average Bonchev–Trinajstić information content (AvgIpc) is 2.51. The van der Waals surface area contributed by atoms with Crippen molar-refractivity contribution < 1.29 is 19.1 Å². The van der Waals surface area contributed by atoms with Crippen molar-refractivity contribution in [2.75, 3.05) is 20.3 Å². The van der Waals surface area contributed by atoms with E-state index >= 15 is 0 Å². The summed E-state index contributed by atoms with van der Waals surface area (Å²) in [5, 5.41) is 5.49. The first-order valence-electron chi connectivity index (χ1n) is 7.15. The van der Waals surface area contributed by atoms with E-state index < -0.39 is 6.04 Å². The fraction of sp³-hybridized carbons (Fsp3) is 0.467. The summed E-state index contributed by atoms with van der Waals surface area (Å²) >= 11 is 3.38. The second kappa shape index (κ2) is 7.49. The van der Waals surface area contributed by atoms with E-state index in [1.54, 1.807) is 12.1 Å². The highest BCUT2D eigenvalue weighted by atomic mass is 79.9. The van der Waals surface area contributed by atoms with Gasteiger partial charge in [0.05, 0.1) is 18.2 Å². The van der Waals surface area contributed by atoms with Crippen LogP contribution in [0.1, 0.15) is 30.1 Å². The van der Waals surface area contributed by atoms with E-state index in [2.05, 4.69) is 26.6 Å². The van der Waals surface area contributed by atoms with E-state index in [0.29, 0.717) is 41.1 Å². The molecule has 1 aliphatic heterocycles. The topological polar surface area (TPSA) is 76.7 Å². The first-order chi connectivity index (χ1) is 10.6. The van der Waals surface area contributed by atoms with Gasteiger partial charge in [-0.05, 0) is 47.8 Å². The Bertz CT molecular complexity index is 577. The predicted molar refractivity (Wildman–Crippen MR) is 85.4 cm³/mol. The smallest absolute Gasteiger partial charge is 0.252 e. The summed E-state index contributed by atoms with van der Waals surface area (Å²) in [7, 11) is 1.51. The molecular formula is C15H19BrN2O4.